The molecule has 0 fully saturated rings. The number of aryl methyl sites for hydroxylation is 2. The van der Waals surface area contributed by atoms with Crippen LogP contribution in [0.5, 0.6) is 5.75 Å². The third-order valence-corrected chi connectivity index (χ3v) is 2.17. The van der Waals surface area contributed by atoms with Gasteiger partial charge < -0.3 is 9.94 Å². The Morgan fingerprint density at radius 1 is 1.11 bits per heavy atom. The van der Waals surface area contributed by atoms with E-state index in [0.29, 0.717) is 4.73 Å². The van der Waals surface area contributed by atoms with Gasteiger partial charge in [0.15, 0.2) is 19.0 Å². The molecule has 1 aromatic rings. The lowest BCUT2D eigenvalue weighted by Crippen LogP contribution is -2.42. The second kappa shape index (κ2) is 4.58. The van der Waals surface area contributed by atoms with Crippen LogP contribution in [0.3, 0.4) is 0 Å². The quantitative estimate of drug-likeness (QED) is 0.481. The van der Waals surface area contributed by atoms with Crippen LogP contribution >= 0.6 is 0 Å². The monoisotopic (exact) mass is 271 g/mol. The Morgan fingerprint density at radius 2 is 1.56 bits per heavy atom. The van der Waals surface area contributed by atoms with E-state index in [0.717, 1.165) is 12.4 Å². The van der Waals surface area contributed by atoms with Crippen molar-refractivity contribution < 1.29 is 31.4 Å². The molecule has 0 aliphatic heterocycles. The van der Waals surface area contributed by atoms with E-state index in [1.54, 1.807) is 0 Å². The van der Waals surface area contributed by atoms with Crippen LogP contribution < -0.4 is 9.47 Å². The van der Waals surface area contributed by atoms with Crippen molar-refractivity contribution in [1.29, 1.82) is 0 Å². The van der Waals surface area contributed by atoms with Gasteiger partial charge in [0.05, 0.1) is 11.1 Å². The summed E-state index contributed by atoms with van der Waals surface area (Å²) in [6.07, 6.45) is -3.62. The minimum atomic E-state index is -5.66. The van der Waals surface area contributed by atoms with Crippen LogP contribution in [0.2, 0.25) is 0 Å². The summed E-state index contributed by atoms with van der Waals surface area (Å²) in [5.74, 6) is -5.08. The second-order valence-corrected chi connectivity index (χ2v) is 3.80. The predicted molar refractivity (Wildman–Crippen MR) is 51.4 cm³/mol. The fourth-order valence-electron chi connectivity index (χ4n) is 1.32. The maximum Gasteiger partial charge on any atom is 0.456 e. The summed E-state index contributed by atoms with van der Waals surface area (Å²) in [6, 6.07) is 0. The van der Waals surface area contributed by atoms with Crippen molar-refractivity contribution in [3.63, 3.8) is 0 Å². The van der Waals surface area contributed by atoms with Gasteiger partial charge in [-0.1, -0.05) is 0 Å². The standard InChI is InChI=1S/C10H10F5NO2/c1-6-3-16(17)4-7(2)8(6)18-5-9(11,12)10(13,14)15/h3-4H,5H2,1-2H3. The highest BCUT2D eigenvalue weighted by Crippen LogP contribution is 2.36. The van der Waals surface area contributed by atoms with Gasteiger partial charge in [-0.15, -0.1) is 0 Å². The van der Waals surface area contributed by atoms with Gasteiger partial charge in [0.1, 0.15) is 5.75 Å². The number of hydrogen-bond acceptors (Lipinski definition) is 2. The maximum atomic E-state index is 12.6. The highest BCUT2D eigenvalue weighted by molar-refractivity contribution is 5.35. The fourth-order valence-corrected chi connectivity index (χ4v) is 1.32. The first kappa shape index (κ1) is 14.5. The summed E-state index contributed by atoms with van der Waals surface area (Å²) >= 11 is 0. The van der Waals surface area contributed by atoms with Crippen LogP contribution in [-0.4, -0.2) is 18.7 Å². The molecule has 0 bridgehead atoms. The Bertz CT molecular complexity index is 421. The lowest BCUT2D eigenvalue weighted by Gasteiger charge is -2.20. The van der Waals surface area contributed by atoms with Crippen molar-refractivity contribution in [3.8, 4) is 5.75 Å². The Hall–Kier alpha value is -1.60. The molecule has 102 valence electrons. The van der Waals surface area contributed by atoms with Crippen LogP contribution in [0.25, 0.3) is 0 Å². The van der Waals surface area contributed by atoms with Crippen LogP contribution in [0, 0.1) is 19.1 Å². The van der Waals surface area contributed by atoms with Crippen molar-refractivity contribution in [2.24, 2.45) is 0 Å². The first-order chi connectivity index (χ1) is 8.04. The predicted octanol–water partition coefficient (Wildman–Crippen LogP) is 2.51. The van der Waals surface area contributed by atoms with Crippen LogP contribution in [0.1, 0.15) is 11.1 Å². The molecule has 3 nitrogen and oxygen atoms in total. The van der Waals surface area contributed by atoms with E-state index >= 15 is 0 Å². The van der Waals surface area contributed by atoms with Crippen LogP contribution in [0.4, 0.5) is 22.0 Å². The molecule has 0 amide bonds. The Morgan fingerprint density at radius 3 is 1.94 bits per heavy atom. The van der Waals surface area contributed by atoms with Gasteiger partial charge >= 0.3 is 12.1 Å². The zero-order chi connectivity index (χ0) is 14.1. The lowest BCUT2D eigenvalue weighted by molar-refractivity contribution is -0.606. The van der Waals surface area contributed by atoms with Gasteiger partial charge in [0.25, 0.3) is 0 Å². The third kappa shape index (κ3) is 2.99. The topological polar surface area (TPSA) is 36.2 Å². The van der Waals surface area contributed by atoms with Crippen LogP contribution in [-0.2, 0) is 0 Å². The average molecular weight is 271 g/mol. The molecule has 18 heavy (non-hydrogen) atoms. The molecule has 0 aromatic carbocycles. The van der Waals surface area contributed by atoms with Gasteiger partial charge in [0.2, 0.25) is 0 Å². The zero-order valence-electron chi connectivity index (χ0n) is 9.52. The van der Waals surface area contributed by atoms with Gasteiger partial charge in [-0.3, -0.25) is 0 Å². The molecule has 0 atom stereocenters. The number of nitrogens with zero attached hydrogens (tertiary/aromatic N) is 1. The second-order valence-electron chi connectivity index (χ2n) is 3.80. The number of aromatic nitrogens is 1. The number of rotatable bonds is 3. The third-order valence-electron chi connectivity index (χ3n) is 2.17. The molecule has 0 spiro atoms. The minimum absolute atomic E-state index is 0.147. The molecule has 1 rings (SSSR count). The Kier molecular flexibility index (Phi) is 3.68. The summed E-state index contributed by atoms with van der Waals surface area (Å²) in [6.45, 7) is 0.936. The summed E-state index contributed by atoms with van der Waals surface area (Å²) in [5, 5.41) is 11.0. The number of ether oxygens (including phenoxy) is 1. The van der Waals surface area contributed by atoms with E-state index in [9.17, 15) is 27.2 Å². The Balaban J connectivity index is 2.88. The minimum Gasteiger partial charge on any atom is -0.619 e. The normalized spacial score (nSPS) is 12.6. The lowest BCUT2D eigenvalue weighted by atomic mass is 10.2. The van der Waals surface area contributed by atoms with E-state index in [4.69, 9.17) is 0 Å². The van der Waals surface area contributed by atoms with Crippen LogP contribution in [0.15, 0.2) is 12.4 Å². The molecular weight excluding hydrogens is 261 g/mol. The van der Waals surface area contributed by atoms with Crippen molar-refractivity contribution >= 4 is 0 Å². The molecule has 1 heterocycles. The molecule has 0 N–H and O–H groups in total. The van der Waals surface area contributed by atoms with Crippen molar-refractivity contribution in [2.75, 3.05) is 6.61 Å². The van der Waals surface area contributed by atoms with Gasteiger partial charge in [-0.25, -0.2) is 0 Å². The fraction of sp³-hybridized carbons (Fsp3) is 0.500. The largest absolute Gasteiger partial charge is 0.619 e. The molecule has 0 aliphatic carbocycles. The smallest absolute Gasteiger partial charge is 0.456 e. The SMILES string of the molecule is Cc1c[n+]([O-])cc(C)c1OCC(F)(F)C(F)(F)F. The molecule has 0 aliphatic rings. The highest BCUT2D eigenvalue weighted by Gasteiger charge is 2.58. The van der Waals surface area contributed by atoms with Crippen molar-refractivity contribution in [2.45, 2.75) is 25.9 Å². The molecule has 0 radical (unpaired) electrons. The highest BCUT2D eigenvalue weighted by atomic mass is 19.4. The first-order valence-corrected chi connectivity index (χ1v) is 4.82. The molecule has 0 saturated heterocycles. The summed E-state index contributed by atoms with van der Waals surface area (Å²) < 4.78 is 65.9. The summed E-state index contributed by atoms with van der Waals surface area (Å²) in [4.78, 5) is 0. The van der Waals surface area contributed by atoms with E-state index in [1.165, 1.54) is 13.8 Å². The summed E-state index contributed by atoms with van der Waals surface area (Å²) in [7, 11) is 0. The average Bonchev–Trinajstić information content (AvgIpc) is 2.13. The molecule has 1 aromatic heterocycles. The van der Waals surface area contributed by atoms with E-state index in [-0.39, 0.29) is 16.9 Å². The first-order valence-electron chi connectivity index (χ1n) is 4.82. The molecule has 0 unspecified atom stereocenters. The molecular formula is C10H10F5NO2. The van der Waals surface area contributed by atoms with E-state index in [1.807, 2.05) is 0 Å². The number of hydrogen-bond donors (Lipinski definition) is 0. The van der Waals surface area contributed by atoms with Crippen molar-refractivity contribution in [3.05, 3.63) is 28.7 Å². The van der Waals surface area contributed by atoms with Crippen molar-refractivity contribution in [1.82, 2.24) is 0 Å². The Labute approximate surface area is 99.4 Å². The number of alkyl halides is 5. The van der Waals surface area contributed by atoms with E-state index in [2.05, 4.69) is 4.74 Å². The van der Waals surface area contributed by atoms with Gasteiger partial charge in [-0.2, -0.15) is 26.7 Å². The number of pyridine rings is 1. The van der Waals surface area contributed by atoms with Gasteiger partial charge in [0, 0.05) is 0 Å². The molecule has 8 heteroatoms. The maximum absolute atomic E-state index is 12.6. The van der Waals surface area contributed by atoms with Gasteiger partial charge in [-0.05, 0) is 13.8 Å². The van der Waals surface area contributed by atoms with E-state index < -0.39 is 18.7 Å². The zero-order valence-corrected chi connectivity index (χ0v) is 9.52. The summed E-state index contributed by atoms with van der Waals surface area (Å²) in [5.41, 5.74) is 0.367. The molecule has 0 saturated carbocycles. The number of halogens is 5.